The maximum Gasteiger partial charge on any atom is 0.129 e. The van der Waals surface area contributed by atoms with Gasteiger partial charge in [-0.15, -0.1) is 11.6 Å². The Labute approximate surface area is 111 Å². The maximum absolute atomic E-state index is 5.83. The van der Waals surface area contributed by atoms with Crippen LogP contribution < -0.4 is 5.32 Å². The van der Waals surface area contributed by atoms with E-state index in [0.717, 1.165) is 28.7 Å². The van der Waals surface area contributed by atoms with Crippen molar-refractivity contribution in [3.8, 4) is 0 Å². The summed E-state index contributed by atoms with van der Waals surface area (Å²) in [5, 5.41) is 3.49. The molecule has 90 valence electrons. The van der Waals surface area contributed by atoms with Crippen molar-refractivity contribution in [1.82, 2.24) is 4.98 Å². The van der Waals surface area contributed by atoms with Gasteiger partial charge in [0.15, 0.2) is 0 Å². The SMILES string of the molecule is CCC(C)(CCCl)Nc1ncc(Br)cc1C. The molecule has 0 amide bonds. The summed E-state index contributed by atoms with van der Waals surface area (Å²) in [6, 6.07) is 2.06. The number of hydrogen-bond donors (Lipinski definition) is 1. The Hall–Kier alpha value is -0.280. The van der Waals surface area contributed by atoms with E-state index in [1.807, 2.05) is 6.20 Å². The van der Waals surface area contributed by atoms with E-state index in [0.29, 0.717) is 5.88 Å². The van der Waals surface area contributed by atoms with E-state index >= 15 is 0 Å². The normalized spacial score (nSPS) is 14.6. The second-order valence-electron chi connectivity index (χ2n) is 4.30. The Balaban J connectivity index is 2.85. The third kappa shape index (κ3) is 3.63. The highest BCUT2D eigenvalue weighted by Gasteiger charge is 2.22. The van der Waals surface area contributed by atoms with E-state index in [1.165, 1.54) is 0 Å². The zero-order chi connectivity index (χ0) is 12.2. The van der Waals surface area contributed by atoms with E-state index in [9.17, 15) is 0 Å². The van der Waals surface area contributed by atoms with E-state index in [4.69, 9.17) is 11.6 Å². The number of anilines is 1. The zero-order valence-corrected chi connectivity index (χ0v) is 12.3. The van der Waals surface area contributed by atoms with Crippen LogP contribution >= 0.6 is 27.5 Å². The molecule has 4 heteroatoms. The molecular formula is C12H18BrClN2. The largest absolute Gasteiger partial charge is 0.365 e. The number of pyridine rings is 1. The predicted molar refractivity (Wildman–Crippen MR) is 74.3 cm³/mol. The fourth-order valence-corrected chi connectivity index (χ4v) is 2.36. The molecule has 1 rings (SSSR count). The highest BCUT2D eigenvalue weighted by atomic mass is 79.9. The Bertz CT molecular complexity index is 357. The fraction of sp³-hybridized carbons (Fsp3) is 0.583. The summed E-state index contributed by atoms with van der Waals surface area (Å²) in [6.07, 6.45) is 3.77. The topological polar surface area (TPSA) is 24.9 Å². The molecule has 0 aliphatic rings. The monoisotopic (exact) mass is 304 g/mol. The van der Waals surface area contributed by atoms with Crippen LogP contribution in [0.5, 0.6) is 0 Å². The van der Waals surface area contributed by atoms with Crippen LogP contribution in [0.1, 0.15) is 32.3 Å². The van der Waals surface area contributed by atoms with Crippen LogP contribution in [0, 0.1) is 6.92 Å². The molecule has 1 heterocycles. The molecule has 0 spiro atoms. The summed E-state index contributed by atoms with van der Waals surface area (Å²) in [5.74, 6) is 1.60. The predicted octanol–water partition coefficient (Wildman–Crippen LogP) is 4.36. The minimum atomic E-state index is 0.0212. The van der Waals surface area contributed by atoms with Crippen LogP contribution in [0.25, 0.3) is 0 Å². The molecule has 1 unspecified atom stereocenters. The lowest BCUT2D eigenvalue weighted by Gasteiger charge is -2.30. The molecule has 1 aromatic rings. The number of hydrogen-bond acceptors (Lipinski definition) is 2. The maximum atomic E-state index is 5.83. The first kappa shape index (κ1) is 13.8. The molecular weight excluding hydrogens is 288 g/mol. The number of halogens is 2. The van der Waals surface area contributed by atoms with Gasteiger partial charge in [-0.05, 0) is 54.2 Å². The first-order valence-corrected chi connectivity index (χ1v) is 6.80. The summed E-state index contributed by atoms with van der Waals surface area (Å²) in [6.45, 7) is 6.39. The van der Waals surface area contributed by atoms with E-state index < -0.39 is 0 Å². The summed E-state index contributed by atoms with van der Waals surface area (Å²) in [5.41, 5.74) is 1.16. The lowest BCUT2D eigenvalue weighted by Crippen LogP contribution is -2.35. The van der Waals surface area contributed by atoms with Crippen molar-refractivity contribution in [3.05, 3.63) is 22.3 Å². The van der Waals surface area contributed by atoms with Gasteiger partial charge >= 0.3 is 0 Å². The van der Waals surface area contributed by atoms with Gasteiger partial charge in [-0.3, -0.25) is 0 Å². The third-order valence-electron chi connectivity index (χ3n) is 2.89. The van der Waals surface area contributed by atoms with Crippen molar-refractivity contribution in [2.45, 2.75) is 39.2 Å². The Morgan fingerprint density at radius 2 is 2.25 bits per heavy atom. The molecule has 0 aromatic carbocycles. The first-order chi connectivity index (χ1) is 7.50. The van der Waals surface area contributed by atoms with Gasteiger partial charge in [0, 0.05) is 22.1 Å². The van der Waals surface area contributed by atoms with Crippen molar-refractivity contribution in [2.24, 2.45) is 0 Å². The van der Waals surface area contributed by atoms with Crippen molar-refractivity contribution in [2.75, 3.05) is 11.2 Å². The highest BCUT2D eigenvalue weighted by Crippen LogP contribution is 2.24. The van der Waals surface area contributed by atoms with Gasteiger partial charge in [0.25, 0.3) is 0 Å². The second-order valence-corrected chi connectivity index (χ2v) is 5.59. The smallest absolute Gasteiger partial charge is 0.129 e. The molecule has 0 radical (unpaired) electrons. The lowest BCUT2D eigenvalue weighted by atomic mass is 9.95. The van der Waals surface area contributed by atoms with Gasteiger partial charge in [0.05, 0.1) is 0 Å². The summed E-state index contributed by atoms with van der Waals surface area (Å²) in [7, 11) is 0. The summed E-state index contributed by atoms with van der Waals surface area (Å²) < 4.78 is 1.01. The number of alkyl halides is 1. The van der Waals surface area contributed by atoms with Gasteiger partial charge in [-0.1, -0.05) is 6.92 Å². The Morgan fingerprint density at radius 3 is 2.75 bits per heavy atom. The van der Waals surface area contributed by atoms with Crippen LogP contribution in [0.15, 0.2) is 16.7 Å². The summed E-state index contributed by atoms with van der Waals surface area (Å²) in [4.78, 5) is 4.39. The van der Waals surface area contributed by atoms with Crippen LogP contribution in [0.3, 0.4) is 0 Å². The Kier molecular flexibility index (Phi) is 5.06. The van der Waals surface area contributed by atoms with Gasteiger partial charge in [-0.25, -0.2) is 4.98 Å². The van der Waals surface area contributed by atoms with Gasteiger partial charge < -0.3 is 5.32 Å². The Morgan fingerprint density at radius 1 is 1.56 bits per heavy atom. The molecule has 1 aromatic heterocycles. The van der Waals surface area contributed by atoms with E-state index in [1.54, 1.807) is 0 Å². The zero-order valence-electron chi connectivity index (χ0n) is 9.98. The summed E-state index contributed by atoms with van der Waals surface area (Å²) >= 11 is 9.24. The second kappa shape index (κ2) is 5.87. The molecule has 0 bridgehead atoms. The molecule has 0 saturated heterocycles. The van der Waals surface area contributed by atoms with E-state index in [-0.39, 0.29) is 5.54 Å². The van der Waals surface area contributed by atoms with Gasteiger partial charge in [0.1, 0.15) is 5.82 Å². The molecule has 0 aliphatic heterocycles. The van der Waals surface area contributed by atoms with E-state index in [2.05, 4.69) is 53.1 Å². The highest BCUT2D eigenvalue weighted by molar-refractivity contribution is 9.10. The third-order valence-corrected chi connectivity index (χ3v) is 3.51. The van der Waals surface area contributed by atoms with Gasteiger partial charge in [0.2, 0.25) is 0 Å². The first-order valence-electron chi connectivity index (χ1n) is 5.47. The van der Waals surface area contributed by atoms with Crippen LogP contribution in [-0.2, 0) is 0 Å². The quantitative estimate of drug-likeness (QED) is 0.818. The number of aryl methyl sites for hydroxylation is 1. The van der Waals surface area contributed by atoms with Crippen LogP contribution in [-0.4, -0.2) is 16.4 Å². The number of aromatic nitrogens is 1. The van der Waals surface area contributed by atoms with Crippen LogP contribution in [0.4, 0.5) is 5.82 Å². The molecule has 0 aliphatic carbocycles. The van der Waals surface area contributed by atoms with Crippen molar-refractivity contribution < 1.29 is 0 Å². The fourth-order valence-electron chi connectivity index (χ4n) is 1.49. The van der Waals surface area contributed by atoms with Gasteiger partial charge in [-0.2, -0.15) is 0 Å². The molecule has 2 nitrogen and oxygen atoms in total. The van der Waals surface area contributed by atoms with Crippen LogP contribution in [0.2, 0.25) is 0 Å². The minimum Gasteiger partial charge on any atom is -0.365 e. The van der Waals surface area contributed by atoms with Crippen molar-refractivity contribution >= 4 is 33.3 Å². The number of nitrogens with zero attached hydrogens (tertiary/aromatic N) is 1. The average Bonchev–Trinajstić information content (AvgIpc) is 2.23. The molecule has 0 saturated carbocycles. The average molecular weight is 306 g/mol. The molecule has 16 heavy (non-hydrogen) atoms. The van der Waals surface area contributed by atoms with Crippen molar-refractivity contribution in [3.63, 3.8) is 0 Å². The molecule has 1 atom stereocenters. The minimum absolute atomic E-state index is 0.0212. The molecule has 0 fully saturated rings. The number of rotatable bonds is 5. The lowest BCUT2D eigenvalue weighted by molar-refractivity contribution is 0.479. The molecule has 1 N–H and O–H groups in total. The standard InChI is InChI=1S/C12H18BrClN2/c1-4-12(3,5-6-14)16-11-9(2)7-10(13)8-15-11/h7-8H,4-6H2,1-3H3,(H,15,16). The van der Waals surface area contributed by atoms with Crippen molar-refractivity contribution in [1.29, 1.82) is 0 Å². The number of nitrogens with one attached hydrogen (secondary N) is 1.